The maximum absolute atomic E-state index is 13.5. The fourth-order valence-corrected chi connectivity index (χ4v) is 1.64. The number of phenolic OH excluding ortho intramolecular Hbond substituents is 1. The van der Waals surface area contributed by atoms with Crippen molar-refractivity contribution in [3.8, 4) is 5.75 Å². The normalized spacial score (nSPS) is 14.9. The van der Waals surface area contributed by atoms with Crippen LogP contribution in [0.25, 0.3) is 0 Å². The van der Waals surface area contributed by atoms with E-state index in [0.29, 0.717) is 24.0 Å². The molecule has 4 heteroatoms. The number of carbonyl (C=O) groups excluding carboxylic acids is 1. The number of hydrogen-bond donors (Lipinski definition) is 2. The summed E-state index contributed by atoms with van der Waals surface area (Å²) in [7, 11) is 0. The molecule has 1 aromatic carbocycles. The summed E-state index contributed by atoms with van der Waals surface area (Å²) in [6, 6.07) is 1.38. The number of fused-ring (bicyclic) bond motifs is 1. The summed E-state index contributed by atoms with van der Waals surface area (Å²) in [6.07, 6.45) is 0.688. The van der Waals surface area contributed by atoms with Crippen LogP contribution in [-0.4, -0.2) is 11.0 Å². The Balaban J connectivity index is 2.63. The molecule has 0 saturated heterocycles. The predicted octanol–water partition coefficient (Wildman–Crippen LogP) is 1.72. The second-order valence-corrected chi connectivity index (χ2v) is 3.43. The molecule has 1 aliphatic rings. The van der Waals surface area contributed by atoms with Crippen LogP contribution in [-0.2, 0) is 11.2 Å². The SMILES string of the molecule is Cc1cc(O)c2c(c1F)NC(=O)CC2. The Hall–Kier alpha value is -1.58. The molecule has 2 rings (SSSR count). The molecule has 2 N–H and O–H groups in total. The Morgan fingerprint density at radius 3 is 2.93 bits per heavy atom. The minimum Gasteiger partial charge on any atom is -0.508 e. The summed E-state index contributed by atoms with van der Waals surface area (Å²) in [6.45, 7) is 1.55. The van der Waals surface area contributed by atoms with Crippen LogP contribution < -0.4 is 5.32 Å². The van der Waals surface area contributed by atoms with Crippen molar-refractivity contribution in [2.45, 2.75) is 19.8 Å². The number of phenols is 1. The molecular formula is C10H10FNO2. The third-order valence-corrected chi connectivity index (χ3v) is 2.40. The van der Waals surface area contributed by atoms with Crippen molar-refractivity contribution in [1.29, 1.82) is 0 Å². The topological polar surface area (TPSA) is 49.3 Å². The van der Waals surface area contributed by atoms with Gasteiger partial charge in [-0.1, -0.05) is 0 Å². The summed E-state index contributed by atoms with van der Waals surface area (Å²) in [4.78, 5) is 11.0. The standard InChI is InChI=1S/C10H10FNO2/c1-5-4-7(13)6-2-3-8(14)12-10(6)9(5)11/h4,13H,2-3H2,1H3,(H,12,14). The highest BCUT2D eigenvalue weighted by atomic mass is 19.1. The van der Waals surface area contributed by atoms with E-state index in [-0.39, 0.29) is 17.3 Å². The van der Waals surface area contributed by atoms with Crippen LogP contribution in [0, 0.1) is 12.7 Å². The van der Waals surface area contributed by atoms with Gasteiger partial charge in [0, 0.05) is 12.0 Å². The van der Waals surface area contributed by atoms with Crippen LogP contribution >= 0.6 is 0 Å². The molecule has 0 radical (unpaired) electrons. The van der Waals surface area contributed by atoms with E-state index in [4.69, 9.17) is 0 Å². The zero-order valence-corrected chi connectivity index (χ0v) is 7.72. The third-order valence-electron chi connectivity index (χ3n) is 2.40. The smallest absolute Gasteiger partial charge is 0.224 e. The lowest BCUT2D eigenvalue weighted by atomic mass is 9.99. The molecule has 0 bridgehead atoms. The maximum Gasteiger partial charge on any atom is 0.224 e. The number of halogens is 1. The average molecular weight is 195 g/mol. The molecule has 3 nitrogen and oxygen atoms in total. The van der Waals surface area contributed by atoms with Crippen molar-refractivity contribution >= 4 is 11.6 Å². The molecule has 0 spiro atoms. The van der Waals surface area contributed by atoms with Crippen LogP contribution in [0.15, 0.2) is 6.07 Å². The van der Waals surface area contributed by atoms with Crippen molar-refractivity contribution in [3.05, 3.63) is 23.0 Å². The Kier molecular flexibility index (Phi) is 1.91. The number of carbonyl (C=O) groups is 1. The van der Waals surface area contributed by atoms with Gasteiger partial charge in [0.05, 0.1) is 5.69 Å². The van der Waals surface area contributed by atoms with Gasteiger partial charge in [-0.15, -0.1) is 0 Å². The summed E-state index contributed by atoms with van der Waals surface area (Å²) in [5.74, 6) is -0.605. The van der Waals surface area contributed by atoms with Gasteiger partial charge in [0.1, 0.15) is 11.6 Å². The van der Waals surface area contributed by atoms with Gasteiger partial charge >= 0.3 is 0 Å². The lowest BCUT2D eigenvalue weighted by Crippen LogP contribution is -2.20. The van der Waals surface area contributed by atoms with E-state index >= 15 is 0 Å². The van der Waals surface area contributed by atoms with E-state index in [9.17, 15) is 14.3 Å². The minimum atomic E-state index is -0.453. The summed E-state index contributed by atoms with van der Waals surface area (Å²) in [5, 5.41) is 12.0. The van der Waals surface area contributed by atoms with Crippen molar-refractivity contribution < 1.29 is 14.3 Å². The fourth-order valence-electron chi connectivity index (χ4n) is 1.64. The number of anilines is 1. The lowest BCUT2D eigenvalue weighted by Gasteiger charge is -2.19. The first-order valence-corrected chi connectivity index (χ1v) is 4.40. The predicted molar refractivity (Wildman–Crippen MR) is 49.8 cm³/mol. The van der Waals surface area contributed by atoms with Crippen molar-refractivity contribution in [2.24, 2.45) is 0 Å². The number of aromatic hydroxyl groups is 1. The molecule has 0 aliphatic carbocycles. The molecule has 0 fully saturated rings. The third kappa shape index (κ3) is 1.23. The number of nitrogens with one attached hydrogen (secondary N) is 1. The Morgan fingerprint density at radius 1 is 1.50 bits per heavy atom. The van der Waals surface area contributed by atoms with E-state index in [1.807, 2.05) is 0 Å². The molecule has 1 aromatic rings. The molecule has 1 heterocycles. The molecule has 0 aromatic heterocycles. The zero-order chi connectivity index (χ0) is 10.3. The Bertz CT molecular complexity index is 415. The molecule has 1 aliphatic heterocycles. The highest BCUT2D eigenvalue weighted by molar-refractivity contribution is 5.94. The van der Waals surface area contributed by atoms with Gasteiger partial charge in [-0.3, -0.25) is 4.79 Å². The van der Waals surface area contributed by atoms with Crippen molar-refractivity contribution in [3.63, 3.8) is 0 Å². The molecule has 0 atom stereocenters. The van der Waals surface area contributed by atoms with Crippen LogP contribution in [0.5, 0.6) is 5.75 Å². The quantitative estimate of drug-likeness (QED) is 0.662. The second kappa shape index (κ2) is 2.97. The molecular weight excluding hydrogens is 185 g/mol. The molecule has 0 saturated carbocycles. The lowest BCUT2D eigenvalue weighted by molar-refractivity contribution is -0.116. The van der Waals surface area contributed by atoms with Crippen LogP contribution in [0.1, 0.15) is 17.5 Å². The van der Waals surface area contributed by atoms with E-state index in [0.717, 1.165) is 0 Å². The van der Waals surface area contributed by atoms with Gasteiger partial charge in [0.25, 0.3) is 0 Å². The first-order valence-electron chi connectivity index (χ1n) is 4.40. The van der Waals surface area contributed by atoms with Crippen LogP contribution in [0.2, 0.25) is 0 Å². The number of amides is 1. The van der Waals surface area contributed by atoms with Gasteiger partial charge in [-0.25, -0.2) is 4.39 Å². The van der Waals surface area contributed by atoms with Gasteiger partial charge in [-0.2, -0.15) is 0 Å². The fraction of sp³-hybridized carbons (Fsp3) is 0.300. The molecule has 14 heavy (non-hydrogen) atoms. The average Bonchev–Trinajstić information content (AvgIpc) is 2.14. The van der Waals surface area contributed by atoms with Gasteiger partial charge < -0.3 is 10.4 Å². The number of hydrogen-bond acceptors (Lipinski definition) is 2. The molecule has 74 valence electrons. The maximum atomic E-state index is 13.5. The zero-order valence-electron chi connectivity index (χ0n) is 7.72. The first kappa shape index (κ1) is 8.99. The summed E-state index contributed by atoms with van der Waals surface area (Å²) < 4.78 is 13.5. The Labute approximate surface area is 80.6 Å². The summed E-state index contributed by atoms with van der Waals surface area (Å²) in [5.41, 5.74) is 0.968. The molecule has 1 amide bonds. The van der Waals surface area contributed by atoms with Crippen LogP contribution in [0.3, 0.4) is 0 Å². The van der Waals surface area contributed by atoms with E-state index in [1.54, 1.807) is 6.92 Å². The van der Waals surface area contributed by atoms with Crippen LogP contribution in [0.4, 0.5) is 10.1 Å². The van der Waals surface area contributed by atoms with Gasteiger partial charge in [0.2, 0.25) is 5.91 Å². The number of benzene rings is 1. The highest BCUT2D eigenvalue weighted by Crippen LogP contribution is 2.34. The van der Waals surface area contributed by atoms with Crippen molar-refractivity contribution in [1.82, 2.24) is 0 Å². The van der Waals surface area contributed by atoms with E-state index < -0.39 is 5.82 Å². The minimum absolute atomic E-state index is 0.0545. The summed E-state index contributed by atoms with van der Waals surface area (Å²) >= 11 is 0. The monoisotopic (exact) mass is 195 g/mol. The van der Waals surface area contributed by atoms with E-state index in [1.165, 1.54) is 6.07 Å². The van der Waals surface area contributed by atoms with Gasteiger partial charge in [0.15, 0.2) is 0 Å². The Morgan fingerprint density at radius 2 is 2.21 bits per heavy atom. The number of aryl methyl sites for hydroxylation is 1. The second-order valence-electron chi connectivity index (χ2n) is 3.43. The van der Waals surface area contributed by atoms with E-state index in [2.05, 4.69) is 5.32 Å². The first-order chi connectivity index (χ1) is 6.59. The highest BCUT2D eigenvalue weighted by Gasteiger charge is 2.22. The van der Waals surface area contributed by atoms with Crippen molar-refractivity contribution in [2.75, 3.05) is 5.32 Å². The number of rotatable bonds is 0. The largest absolute Gasteiger partial charge is 0.508 e. The molecule has 0 unspecified atom stereocenters. The van der Waals surface area contributed by atoms with Gasteiger partial charge in [-0.05, 0) is 25.0 Å².